The van der Waals surface area contributed by atoms with Crippen LogP contribution >= 0.6 is 11.3 Å². The van der Waals surface area contributed by atoms with Crippen LogP contribution in [0.25, 0.3) is 0 Å². The monoisotopic (exact) mass is 372 g/mol. The number of anilines is 1. The third-order valence-electron chi connectivity index (χ3n) is 5.08. The van der Waals surface area contributed by atoms with Crippen LogP contribution in [-0.2, 0) is 16.0 Å². The van der Waals surface area contributed by atoms with Crippen molar-refractivity contribution in [3.05, 3.63) is 40.3 Å². The van der Waals surface area contributed by atoms with Gasteiger partial charge in [0.05, 0.1) is 6.42 Å². The van der Waals surface area contributed by atoms with Crippen molar-refractivity contribution < 1.29 is 9.53 Å². The molecule has 4 rings (SSSR count). The van der Waals surface area contributed by atoms with E-state index in [1.807, 2.05) is 29.1 Å². The van der Waals surface area contributed by atoms with Gasteiger partial charge in [0.1, 0.15) is 0 Å². The highest BCUT2D eigenvalue weighted by Crippen LogP contribution is 2.26. The molecule has 7 heteroatoms. The van der Waals surface area contributed by atoms with Crippen LogP contribution in [0.2, 0.25) is 0 Å². The van der Waals surface area contributed by atoms with E-state index in [2.05, 4.69) is 15.2 Å². The topological polar surface area (TPSA) is 67.4 Å². The maximum Gasteiger partial charge on any atom is 0.225 e. The van der Waals surface area contributed by atoms with Gasteiger partial charge in [-0.25, -0.2) is 9.97 Å². The average Bonchev–Trinajstić information content (AvgIpc) is 3.35. The zero-order valence-corrected chi connectivity index (χ0v) is 15.6. The van der Waals surface area contributed by atoms with Gasteiger partial charge in [-0.15, -0.1) is 0 Å². The Balaban J connectivity index is 1.34. The quantitative estimate of drug-likeness (QED) is 0.873. The lowest BCUT2D eigenvalue weighted by Crippen LogP contribution is -2.38. The van der Waals surface area contributed by atoms with Crippen molar-refractivity contribution in [1.82, 2.24) is 15.3 Å². The van der Waals surface area contributed by atoms with Crippen LogP contribution in [0.4, 0.5) is 5.95 Å². The normalized spacial score (nSPS) is 21.1. The van der Waals surface area contributed by atoms with E-state index in [4.69, 9.17) is 9.72 Å². The third kappa shape index (κ3) is 4.22. The fourth-order valence-corrected chi connectivity index (χ4v) is 4.32. The van der Waals surface area contributed by atoms with Gasteiger partial charge in [-0.3, -0.25) is 4.79 Å². The Bertz CT molecular complexity index is 731. The number of nitrogens with zero attached hydrogens (tertiary/aromatic N) is 3. The number of ether oxygens (including phenoxy) is 1. The second kappa shape index (κ2) is 8.14. The number of hydrogen-bond donors (Lipinski definition) is 1. The second-order valence-electron chi connectivity index (χ2n) is 6.98. The van der Waals surface area contributed by atoms with Crippen LogP contribution in [0.1, 0.15) is 36.4 Å². The van der Waals surface area contributed by atoms with Crippen LogP contribution in [0.5, 0.6) is 0 Å². The summed E-state index contributed by atoms with van der Waals surface area (Å²) >= 11 is 1.62. The van der Waals surface area contributed by atoms with E-state index in [9.17, 15) is 4.79 Å². The molecule has 2 aliphatic rings. The molecule has 0 spiro atoms. The molecular formula is C19H24N4O2S. The van der Waals surface area contributed by atoms with E-state index in [-0.39, 0.29) is 11.9 Å². The third-order valence-corrected chi connectivity index (χ3v) is 5.82. The van der Waals surface area contributed by atoms with Gasteiger partial charge in [0.15, 0.2) is 0 Å². The minimum absolute atomic E-state index is 0.0899. The van der Waals surface area contributed by atoms with Gasteiger partial charge >= 0.3 is 0 Å². The first kappa shape index (κ1) is 17.4. The molecule has 1 atom stereocenters. The Kier molecular flexibility index (Phi) is 5.45. The molecule has 2 aliphatic heterocycles. The van der Waals surface area contributed by atoms with Crippen LogP contribution in [-0.4, -0.2) is 48.2 Å². The minimum atomic E-state index is 0.0899. The number of hydrogen-bond acceptors (Lipinski definition) is 6. The van der Waals surface area contributed by atoms with Crippen LogP contribution in [0.3, 0.4) is 0 Å². The summed E-state index contributed by atoms with van der Waals surface area (Å²) in [6.45, 7) is 3.27. The summed E-state index contributed by atoms with van der Waals surface area (Å²) in [4.78, 5) is 23.6. The fourth-order valence-electron chi connectivity index (χ4n) is 3.65. The first-order chi connectivity index (χ1) is 12.8. The lowest BCUT2D eigenvalue weighted by molar-refractivity contribution is -0.121. The predicted octanol–water partition coefficient (Wildman–Crippen LogP) is 2.37. The SMILES string of the molecule is O=C(Cc1ccsc1)NC1CCN(c2nccc(C3CCOCC3)n2)C1. The summed E-state index contributed by atoms with van der Waals surface area (Å²) in [5, 5.41) is 7.17. The molecular weight excluding hydrogens is 348 g/mol. The summed E-state index contributed by atoms with van der Waals surface area (Å²) in [7, 11) is 0. The molecule has 0 radical (unpaired) electrons. The van der Waals surface area contributed by atoms with Crippen molar-refractivity contribution in [3.8, 4) is 0 Å². The molecule has 0 saturated carbocycles. The molecule has 2 aromatic heterocycles. The first-order valence-corrected chi connectivity index (χ1v) is 10.2. The Morgan fingerprint density at radius 3 is 3.00 bits per heavy atom. The second-order valence-corrected chi connectivity index (χ2v) is 7.76. The standard InChI is InChI=1S/C19H24N4O2S/c24-18(11-14-5-10-26-13-14)21-16-2-7-23(12-16)19-20-6-1-17(22-19)15-3-8-25-9-4-15/h1,5-6,10,13,15-16H,2-4,7-9,11-12H2,(H,21,24). The molecule has 2 fully saturated rings. The molecule has 4 heterocycles. The Morgan fingerprint density at radius 1 is 1.31 bits per heavy atom. The lowest BCUT2D eigenvalue weighted by Gasteiger charge is -2.23. The number of carbonyl (C=O) groups is 1. The minimum Gasteiger partial charge on any atom is -0.381 e. The van der Waals surface area contributed by atoms with Gasteiger partial charge in [-0.05, 0) is 47.7 Å². The molecule has 6 nitrogen and oxygen atoms in total. The summed E-state index contributed by atoms with van der Waals surface area (Å²) < 4.78 is 5.45. The fraction of sp³-hybridized carbons (Fsp3) is 0.526. The van der Waals surface area contributed by atoms with Gasteiger partial charge in [0, 0.05) is 50.2 Å². The molecule has 1 unspecified atom stereocenters. The number of thiophene rings is 1. The maximum absolute atomic E-state index is 12.2. The van der Waals surface area contributed by atoms with Gasteiger partial charge in [0.2, 0.25) is 11.9 Å². The summed E-state index contributed by atoms with van der Waals surface area (Å²) in [6.07, 6.45) is 5.29. The van der Waals surface area contributed by atoms with Gasteiger partial charge in [-0.1, -0.05) is 0 Å². The van der Waals surface area contributed by atoms with Crippen molar-refractivity contribution in [3.63, 3.8) is 0 Å². The van der Waals surface area contributed by atoms with E-state index in [1.54, 1.807) is 11.3 Å². The van der Waals surface area contributed by atoms with E-state index in [0.29, 0.717) is 12.3 Å². The predicted molar refractivity (Wildman–Crippen MR) is 102 cm³/mol. The molecule has 0 bridgehead atoms. The molecule has 2 saturated heterocycles. The molecule has 26 heavy (non-hydrogen) atoms. The van der Waals surface area contributed by atoms with Gasteiger partial charge in [-0.2, -0.15) is 11.3 Å². The van der Waals surface area contributed by atoms with E-state index >= 15 is 0 Å². The van der Waals surface area contributed by atoms with E-state index < -0.39 is 0 Å². The Morgan fingerprint density at radius 2 is 2.19 bits per heavy atom. The zero-order valence-electron chi connectivity index (χ0n) is 14.8. The number of carbonyl (C=O) groups excluding carboxylic acids is 1. The highest BCUT2D eigenvalue weighted by Gasteiger charge is 2.26. The van der Waals surface area contributed by atoms with Crippen molar-refractivity contribution in [1.29, 1.82) is 0 Å². The smallest absolute Gasteiger partial charge is 0.225 e. The van der Waals surface area contributed by atoms with Gasteiger partial charge < -0.3 is 15.0 Å². The molecule has 1 N–H and O–H groups in total. The Hall–Kier alpha value is -1.99. The molecule has 0 aliphatic carbocycles. The Labute approximate surface area is 157 Å². The lowest BCUT2D eigenvalue weighted by atomic mass is 9.96. The molecule has 138 valence electrons. The van der Waals surface area contributed by atoms with Crippen molar-refractivity contribution in [2.24, 2.45) is 0 Å². The van der Waals surface area contributed by atoms with Crippen LogP contribution in [0.15, 0.2) is 29.1 Å². The number of nitrogens with one attached hydrogen (secondary N) is 1. The number of rotatable bonds is 5. The largest absolute Gasteiger partial charge is 0.381 e. The number of aromatic nitrogens is 2. The van der Waals surface area contributed by atoms with Crippen molar-refractivity contribution >= 4 is 23.2 Å². The highest BCUT2D eigenvalue weighted by molar-refractivity contribution is 7.08. The molecule has 0 aromatic carbocycles. The molecule has 1 amide bonds. The summed E-state index contributed by atoms with van der Waals surface area (Å²) in [6, 6.07) is 4.19. The van der Waals surface area contributed by atoms with Crippen LogP contribution in [0, 0.1) is 0 Å². The van der Waals surface area contributed by atoms with E-state index in [1.165, 1.54) is 0 Å². The zero-order chi connectivity index (χ0) is 17.8. The van der Waals surface area contributed by atoms with E-state index in [0.717, 1.165) is 62.8 Å². The maximum atomic E-state index is 12.2. The summed E-state index contributed by atoms with van der Waals surface area (Å²) in [5.41, 5.74) is 2.19. The average molecular weight is 372 g/mol. The van der Waals surface area contributed by atoms with Crippen molar-refractivity contribution in [2.75, 3.05) is 31.2 Å². The first-order valence-electron chi connectivity index (χ1n) is 9.24. The van der Waals surface area contributed by atoms with Crippen molar-refractivity contribution in [2.45, 2.75) is 37.6 Å². The van der Waals surface area contributed by atoms with Gasteiger partial charge in [0.25, 0.3) is 0 Å². The number of amides is 1. The van der Waals surface area contributed by atoms with Crippen LogP contribution < -0.4 is 10.2 Å². The summed E-state index contributed by atoms with van der Waals surface area (Å²) in [5.74, 6) is 1.34. The highest BCUT2D eigenvalue weighted by atomic mass is 32.1. The molecule has 2 aromatic rings.